The average molecular weight is 441 g/mol. The van der Waals surface area contributed by atoms with Gasteiger partial charge in [0.1, 0.15) is 5.01 Å². The van der Waals surface area contributed by atoms with Crippen molar-refractivity contribution in [3.63, 3.8) is 0 Å². The Labute approximate surface area is 188 Å². The molecule has 0 saturated carbocycles. The lowest BCUT2D eigenvalue weighted by atomic mass is 10.2. The second-order valence-electron chi connectivity index (χ2n) is 8.06. The number of hydrogen-bond donors (Lipinski definition) is 1. The highest BCUT2D eigenvalue weighted by atomic mass is 32.1. The zero-order valence-corrected chi connectivity index (χ0v) is 19.9. The number of methoxy groups -OCH3 is 1. The average Bonchev–Trinajstić information content (AvgIpc) is 3.36. The van der Waals surface area contributed by atoms with Gasteiger partial charge in [-0.1, -0.05) is 20.8 Å². The summed E-state index contributed by atoms with van der Waals surface area (Å²) in [7, 11) is 1.67. The van der Waals surface area contributed by atoms with E-state index in [1.807, 2.05) is 25.3 Å². The minimum Gasteiger partial charge on any atom is -0.385 e. The van der Waals surface area contributed by atoms with E-state index in [9.17, 15) is 4.79 Å². The van der Waals surface area contributed by atoms with Crippen LogP contribution >= 0.6 is 11.3 Å². The Balaban J connectivity index is 1.92. The molecule has 31 heavy (non-hydrogen) atoms. The van der Waals surface area contributed by atoms with E-state index in [0.29, 0.717) is 24.6 Å². The molecule has 0 unspecified atom stereocenters. The van der Waals surface area contributed by atoms with Gasteiger partial charge < -0.3 is 14.6 Å². The Hall–Kier alpha value is -2.51. The third-order valence-electron chi connectivity index (χ3n) is 5.16. The molecule has 0 spiro atoms. The third kappa shape index (κ3) is 5.60. The first-order chi connectivity index (χ1) is 14.9. The Morgan fingerprint density at radius 3 is 2.84 bits per heavy atom. The van der Waals surface area contributed by atoms with Gasteiger partial charge in [-0.05, 0) is 43.9 Å². The van der Waals surface area contributed by atoms with Gasteiger partial charge in [0.25, 0.3) is 5.91 Å². The molecular formula is C24H32N4O2S. The van der Waals surface area contributed by atoms with Crippen LogP contribution in [0.5, 0.6) is 0 Å². The van der Waals surface area contributed by atoms with Crippen LogP contribution in [-0.4, -0.2) is 40.7 Å². The number of aromatic nitrogens is 3. The fourth-order valence-corrected chi connectivity index (χ4v) is 4.34. The molecule has 0 aliphatic rings. The van der Waals surface area contributed by atoms with Crippen molar-refractivity contribution in [2.45, 2.75) is 47.1 Å². The summed E-state index contributed by atoms with van der Waals surface area (Å²) in [6.45, 7) is 10.5. The van der Waals surface area contributed by atoms with E-state index in [2.05, 4.69) is 47.1 Å². The fourth-order valence-electron chi connectivity index (χ4n) is 3.53. The van der Waals surface area contributed by atoms with E-state index in [1.54, 1.807) is 18.4 Å². The van der Waals surface area contributed by atoms with Crippen LogP contribution < -0.4 is 5.32 Å². The first-order valence-electron chi connectivity index (χ1n) is 10.8. The molecule has 0 aromatic carbocycles. The van der Waals surface area contributed by atoms with Crippen molar-refractivity contribution in [2.75, 3.05) is 20.3 Å². The monoisotopic (exact) mass is 440 g/mol. The predicted molar refractivity (Wildman–Crippen MR) is 127 cm³/mol. The lowest BCUT2D eigenvalue weighted by Gasteiger charge is -2.13. The Bertz CT molecular complexity index is 1020. The van der Waals surface area contributed by atoms with Gasteiger partial charge in [-0.2, -0.15) is 0 Å². The quantitative estimate of drug-likeness (QED) is 0.452. The summed E-state index contributed by atoms with van der Waals surface area (Å²) in [4.78, 5) is 22.1. The number of amides is 1. The van der Waals surface area contributed by atoms with Crippen LogP contribution in [0.15, 0.2) is 29.8 Å². The van der Waals surface area contributed by atoms with Crippen LogP contribution in [0.4, 0.5) is 0 Å². The van der Waals surface area contributed by atoms with Crippen molar-refractivity contribution in [2.24, 2.45) is 5.92 Å². The first-order valence-corrected chi connectivity index (χ1v) is 11.7. The van der Waals surface area contributed by atoms with E-state index in [4.69, 9.17) is 9.72 Å². The summed E-state index contributed by atoms with van der Waals surface area (Å²) in [6, 6.07) is 6.07. The molecule has 166 valence electrons. The lowest BCUT2D eigenvalue weighted by molar-refractivity contribution is 0.0948. The topological polar surface area (TPSA) is 69.0 Å². The van der Waals surface area contributed by atoms with Crippen LogP contribution in [0.25, 0.3) is 22.0 Å². The minimum atomic E-state index is -0.0467. The fraction of sp³-hybridized carbons (Fsp3) is 0.458. The highest BCUT2D eigenvalue weighted by Gasteiger charge is 2.20. The Morgan fingerprint density at radius 1 is 1.32 bits per heavy atom. The van der Waals surface area contributed by atoms with Gasteiger partial charge in [-0.15, -0.1) is 11.3 Å². The molecule has 0 aliphatic heterocycles. The number of aryl methyl sites for hydroxylation is 1. The SMILES string of the molecule is CCc1cc(-c2nc(-c3cc(C(=O)NCCCOC)c(C)n3CC(C)C)cs2)ccn1. The van der Waals surface area contributed by atoms with Crippen LogP contribution in [0.3, 0.4) is 0 Å². The molecule has 0 bridgehead atoms. The largest absolute Gasteiger partial charge is 0.385 e. The van der Waals surface area contributed by atoms with Gasteiger partial charge in [0, 0.05) is 55.3 Å². The standard InChI is InChI=1S/C24H32N4O2S/c1-6-19-12-18(8-10-25-19)24-27-21(15-31-24)22-13-20(17(4)28(22)14-16(2)3)23(29)26-9-7-11-30-5/h8,10,12-13,15-16H,6-7,9,11,14H2,1-5H3,(H,26,29). The molecule has 7 heteroatoms. The highest BCUT2D eigenvalue weighted by Crippen LogP contribution is 2.32. The summed E-state index contributed by atoms with van der Waals surface area (Å²) in [6.07, 6.45) is 3.53. The van der Waals surface area contributed by atoms with Crippen molar-refractivity contribution in [3.05, 3.63) is 46.7 Å². The molecule has 6 nitrogen and oxygen atoms in total. The van der Waals surface area contributed by atoms with Crippen molar-refractivity contribution in [1.82, 2.24) is 19.9 Å². The number of pyridine rings is 1. The van der Waals surface area contributed by atoms with Crippen molar-refractivity contribution < 1.29 is 9.53 Å². The van der Waals surface area contributed by atoms with E-state index in [-0.39, 0.29) is 5.91 Å². The van der Waals surface area contributed by atoms with Gasteiger partial charge in [-0.25, -0.2) is 4.98 Å². The molecule has 3 aromatic heterocycles. The molecule has 3 aromatic rings. The molecule has 0 aliphatic carbocycles. The van der Waals surface area contributed by atoms with Crippen molar-refractivity contribution >= 4 is 17.2 Å². The second-order valence-corrected chi connectivity index (χ2v) is 8.92. The number of rotatable bonds is 10. The molecule has 3 rings (SSSR count). The van der Waals surface area contributed by atoms with Gasteiger partial charge >= 0.3 is 0 Å². The summed E-state index contributed by atoms with van der Waals surface area (Å²) in [5.74, 6) is 0.405. The van der Waals surface area contributed by atoms with Crippen LogP contribution in [0.2, 0.25) is 0 Å². The van der Waals surface area contributed by atoms with E-state index >= 15 is 0 Å². The van der Waals surface area contributed by atoms with Gasteiger partial charge in [0.2, 0.25) is 0 Å². The molecule has 0 fully saturated rings. The predicted octanol–water partition coefficient (Wildman–Crippen LogP) is 4.97. The van der Waals surface area contributed by atoms with Crippen molar-refractivity contribution in [3.8, 4) is 22.0 Å². The summed E-state index contributed by atoms with van der Waals surface area (Å²) < 4.78 is 7.28. The minimum absolute atomic E-state index is 0.0467. The first kappa shape index (κ1) is 23.2. The van der Waals surface area contributed by atoms with E-state index in [1.165, 1.54) is 0 Å². The Kier molecular flexibility index (Phi) is 7.98. The maximum absolute atomic E-state index is 12.8. The normalized spacial score (nSPS) is 11.3. The molecule has 3 heterocycles. The Morgan fingerprint density at radius 2 is 2.13 bits per heavy atom. The smallest absolute Gasteiger partial charge is 0.253 e. The maximum Gasteiger partial charge on any atom is 0.253 e. The molecule has 0 saturated heterocycles. The molecular weight excluding hydrogens is 408 g/mol. The molecule has 1 amide bonds. The van der Waals surface area contributed by atoms with Crippen LogP contribution in [0.1, 0.15) is 48.9 Å². The number of nitrogens with one attached hydrogen (secondary N) is 1. The molecule has 1 N–H and O–H groups in total. The van der Waals surface area contributed by atoms with Crippen molar-refractivity contribution in [1.29, 1.82) is 0 Å². The maximum atomic E-state index is 12.8. The number of nitrogens with zero attached hydrogens (tertiary/aromatic N) is 3. The summed E-state index contributed by atoms with van der Waals surface area (Å²) in [5, 5.41) is 6.05. The van der Waals surface area contributed by atoms with Gasteiger partial charge in [0.05, 0.1) is 17.0 Å². The highest BCUT2D eigenvalue weighted by molar-refractivity contribution is 7.13. The molecule has 0 atom stereocenters. The van der Waals surface area contributed by atoms with Gasteiger partial charge in [0.15, 0.2) is 0 Å². The number of hydrogen-bond acceptors (Lipinski definition) is 5. The van der Waals surface area contributed by atoms with Gasteiger partial charge in [-0.3, -0.25) is 9.78 Å². The third-order valence-corrected chi connectivity index (χ3v) is 6.05. The second kappa shape index (κ2) is 10.7. The zero-order valence-electron chi connectivity index (χ0n) is 19.1. The number of carbonyl (C=O) groups excluding carboxylic acids is 1. The molecule has 0 radical (unpaired) electrons. The number of ether oxygens (including phenoxy) is 1. The van der Waals surface area contributed by atoms with Crippen LogP contribution in [0, 0.1) is 12.8 Å². The number of carbonyl (C=O) groups is 1. The number of thiazole rings is 1. The van der Waals surface area contributed by atoms with E-state index in [0.717, 1.165) is 52.7 Å². The summed E-state index contributed by atoms with van der Waals surface area (Å²) >= 11 is 1.62. The lowest BCUT2D eigenvalue weighted by Crippen LogP contribution is -2.25. The zero-order chi connectivity index (χ0) is 22.4. The summed E-state index contributed by atoms with van der Waals surface area (Å²) in [5.41, 5.74) is 5.70. The van der Waals surface area contributed by atoms with Crippen LogP contribution in [-0.2, 0) is 17.7 Å². The van der Waals surface area contributed by atoms with E-state index < -0.39 is 0 Å².